The Kier molecular flexibility index (Phi) is 9.92. The maximum atomic E-state index is 12.2. The van der Waals surface area contributed by atoms with Crippen LogP contribution in [0.3, 0.4) is 0 Å². The highest BCUT2D eigenvalue weighted by Gasteiger charge is 2.24. The number of allylic oxidation sites excluding steroid dienone is 2. The largest absolute Gasteiger partial charge is 0.465 e. The molecule has 1 aromatic rings. The number of nitrogens with two attached hydrogens (primary N) is 1. The molecule has 2 unspecified atom stereocenters. The zero-order valence-corrected chi connectivity index (χ0v) is 18.3. The van der Waals surface area contributed by atoms with Gasteiger partial charge in [-0.25, -0.2) is 4.79 Å². The smallest absolute Gasteiger partial charge is 0.407 e. The van der Waals surface area contributed by atoms with Crippen molar-refractivity contribution in [3.63, 3.8) is 0 Å². The summed E-state index contributed by atoms with van der Waals surface area (Å²) in [5.74, 6) is -0.497. The zero-order valence-electron chi connectivity index (χ0n) is 17.5. The molecule has 1 aromatic carbocycles. The van der Waals surface area contributed by atoms with Gasteiger partial charge in [0.25, 0.3) is 0 Å². The van der Waals surface area contributed by atoms with Gasteiger partial charge in [-0.2, -0.15) is 0 Å². The van der Waals surface area contributed by atoms with Crippen LogP contribution < -0.4 is 11.1 Å². The Hall–Kier alpha value is -2.31. The fraction of sp³-hybridized carbons (Fsp3) is 0.455. The lowest BCUT2D eigenvalue weighted by Crippen LogP contribution is -2.45. The summed E-state index contributed by atoms with van der Waals surface area (Å²) in [6, 6.07) is 6.46. The van der Waals surface area contributed by atoms with Gasteiger partial charge in [0, 0.05) is 11.6 Å². The molecule has 0 spiro atoms. The van der Waals surface area contributed by atoms with E-state index in [-0.39, 0.29) is 13.0 Å². The van der Waals surface area contributed by atoms with Gasteiger partial charge in [-0.15, -0.1) is 0 Å². The standard InChI is InChI=1S/C22H31ClN2O4/c1-6-28-20(26)19(24)14-18(25-21(27)29-22(3,4)5)13-16-7-9-17(10-8-16)15(2)11-12-23/h7-12,18-19H,2,6,13-14,24H2,1,3-5H3,(H,25,27). The highest BCUT2D eigenvalue weighted by molar-refractivity contribution is 6.26. The first kappa shape index (κ1) is 24.7. The topological polar surface area (TPSA) is 90.7 Å². The highest BCUT2D eigenvalue weighted by atomic mass is 35.5. The van der Waals surface area contributed by atoms with Crippen molar-refractivity contribution in [2.24, 2.45) is 5.73 Å². The summed E-state index contributed by atoms with van der Waals surface area (Å²) >= 11 is 5.59. The molecule has 1 amide bonds. The van der Waals surface area contributed by atoms with Crippen molar-refractivity contribution in [2.45, 2.75) is 58.2 Å². The fourth-order valence-corrected chi connectivity index (χ4v) is 2.78. The summed E-state index contributed by atoms with van der Waals surface area (Å²) < 4.78 is 10.3. The van der Waals surface area contributed by atoms with Gasteiger partial charge in [0.05, 0.1) is 6.61 Å². The first-order valence-electron chi connectivity index (χ1n) is 9.52. The van der Waals surface area contributed by atoms with Gasteiger partial charge < -0.3 is 20.5 Å². The third-order valence-electron chi connectivity index (χ3n) is 3.92. The van der Waals surface area contributed by atoms with E-state index >= 15 is 0 Å². The number of benzene rings is 1. The van der Waals surface area contributed by atoms with Crippen molar-refractivity contribution in [3.8, 4) is 0 Å². The van der Waals surface area contributed by atoms with Crippen molar-refractivity contribution in [1.82, 2.24) is 5.32 Å². The molecule has 0 saturated carbocycles. The molecule has 1 rings (SSSR count). The molecule has 3 N–H and O–H groups in total. The van der Waals surface area contributed by atoms with Gasteiger partial charge >= 0.3 is 12.1 Å². The maximum Gasteiger partial charge on any atom is 0.407 e. The summed E-state index contributed by atoms with van der Waals surface area (Å²) in [7, 11) is 0. The molecular formula is C22H31ClN2O4. The third-order valence-corrected chi connectivity index (χ3v) is 4.05. The van der Waals surface area contributed by atoms with E-state index in [0.717, 1.165) is 16.7 Å². The van der Waals surface area contributed by atoms with Gasteiger partial charge in [0.2, 0.25) is 0 Å². The van der Waals surface area contributed by atoms with E-state index in [9.17, 15) is 9.59 Å². The molecule has 0 fully saturated rings. The molecule has 0 aromatic heterocycles. The molecule has 0 aliphatic carbocycles. The van der Waals surface area contributed by atoms with Crippen LogP contribution in [-0.4, -0.2) is 36.4 Å². The van der Waals surface area contributed by atoms with Crippen LogP contribution in [0.2, 0.25) is 0 Å². The summed E-state index contributed by atoms with van der Waals surface area (Å²) in [6.07, 6.45) is 1.85. The number of amides is 1. The predicted molar refractivity (Wildman–Crippen MR) is 117 cm³/mol. The average molecular weight is 423 g/mol. The van der Waals surface area contributed by atoms with Crippen LogP contribution in [0.25, 0.3) is 5.57 Å². The molecule has 0 radical (unpaired) electrons. The molecule has 7 heteroatoms. The van der Waals surface area contributed by atoms with Crippen molar-refractivity contribution in [2.75, 3.05) is 6.61 Å². The van der Waals surface area contributed by atoms with Gasteiger partial charge in [-0.1, -0.05) is 42.4 Å². The van der Waals surface area contributed by atoms with Crippen molar-refractivity contribution < 1.29 is 19.1 Å². The van der Waals surface area contributed by atoms with Crippen LogP contribution >= 0.6 is 11.6 Å². The Morgan fingerprint density at radius 2 is 1.90 bits per heavy atom. The Morgan fingerprint density at radius 1 is 1.28 bits per heavy atom. The number of hydrogen-bond donors (Lipinski definition) is 2. The predicted octanol–water partition coefficient (Wildman–Crippen LogP) is 4.17. The van der Waals surface area contributed by atoms with Crippen molar-refractivity contribution in [1.29, 1.82) is 0 Å². The number of halogens is 1. The molecule has 6 nitrogen and oxygen atoms in total. The van der Waals surface area contributed by atoms with E-state index in [1.165, 1.54) is 5.54 Å². The Bertz CT molecular complexity index is 723. The second kappa shape index (κ2) is 11.6. The number of alkyl carbamates (subject to hydrolysis) is 1. The molecule has 2 atom stereocenters. The fourth-order valence-electron chi connectivity index (χ4n) is 2.63. The lowest BCUT2D eigenvalue weighted by atomic mass is 9.97. The monoisotopic (exact) mass is 422 g/mol. The quantitative estimate of drug-likeness (QED) is 0.460. The minimum atomic E-state index is -0.845. The van der Waals surface area contributed by atoms with E-state index in [1.54, 1.807) is 33.8 Å². The van der Waals surface area contributed by atoms with Crippen LogP contribution in [0.4, 0.5) is 4.79 Å². The van der Waals surface area contributed by atoms with E-state index in [2.05, 4.69) is 11.9 Å². The molecule has 0 bridgehead atoms. The number of hydrogen-bond acceptors (Lipinski definition) is 5. The van der Waals surface area contributed by atoms with E-state index in [4.69, 9.17) is 26.8 Å². The Balaban J connectivity index is 2.90. The Labute approximate surface area is 178 Å². The second-order valence-corrected chi connectivity index (χ2v) is 7.91. The molecule has 0 aliphatic rings. The SMILES string of the molecule is C=C(C=CCl)c1ccc(CC(CC(N)C(=O)OCC)NC(=O)OC(C)(C)C)cc1. The minimum absolute atomic E-state index is 0.224. The molecule has 0 heterocycles. The summed E-state index contributed by atoms with van der Waals surface area (Å²) in [5.41, 5.74) is 9.43. The number of carbonyl (C=O) groups is 2. The average Bonchev–Trinajstić information content (AvgIpc) is 2.60. The normalized spacial score (nSPS) is 13.6. The third kappa shape index (κ3) is 9.63. The summed E-state index contributed by atoms with van der Waals surface area (Å²) in [6.45, 7) is 11.3. The number of carbonyl (C=O) groups excluding carboxylic acids is 2. The van der Waals surface area contributed by atoms with E-state index in [0.29, 0.717) is 6.42 Å². The molecule has 0 saturated heterocycles. The number of nitrogens with one attached hydrogen (secondary N) is 1. The van der Waals surface area contributed by atoms with Gasteiger partial charge in [-0.3, -0.25) is 4.79 Å². The summed E-state index contributed by atoms with van der Waals surface area (Å²) in [5, 5.41) is 2.81. The van der Waals surface area contributed by atoms with Crippen LogP contribution in [0.15, 0.2) is 42.5 Å². The van der Waals surface area contributed by atoms with Gasteiger partial charge in [-0.05, 0) is 63.3 Å². The second-order valence-electron chi connectivity index (χ2n) is 7.66. The molecule has 160 valence electrons. The first-order valence-corrected chi connectivity index (χ1v) is 9.96. The molecule has 0 aliphatic heterocycles. The van der Waals surface area contributed by atoms with Gasteiger partial charge in [0.15, 0.2) is 0 Å². The first-order chi connectivity index (χ1) is 13.6. The minimum Gasteiger partial charge on any atom is -0.465 e. The lowest BCUT2D eigenvalue weighted by molar-refractivity contribution is -0.145. The number of ether oxygens (including phenoxy) is 2. The molecule has 29 heavy (non-hydrogen) atoms. The van der Waals surface area contributed by atoms with Crippen LogP contribution in [-0.2, 0) is 20.7 Å². The van der Waals surface area contributed by atoms with Crippen molar-refractivity contribution in [3.05, 3.63) is 53.6 Å². The summed E-state index contributed by atoms with van der Waals surface area (Å²) in [4.78, 5) is 24.1. The number of rotatable bonds is 9. The lowest BCUT2D eigenvalue weighted by Gasteiger charge is -2.25. The zero-order chi connectivity index (χ0) is 22.0. The van der Waals surface area contributed by atoms with Crippen molar-refractivity contribution >= 4 is 29.2 Å². The van der Waals surface area contributed by atoms with Crippen LogP contribution in [0.1, 0.15) is 45.2 Å². The Morgan fingerprint density at radius 3 is 2.41 bits per heavy atom. The van der Waals surface area contributed by atoms with Crippen LogP contribution in [0.5, 0.6) is 0 Å². The van der Waals surface area contributed by atoms with E-state index in [1.807, 2.05) is 24.3 Å². The maximum absolute atomic E-state index is 12.2. The van der Waals surface area contributed by atoms with Crippen LogP contribution in [0, 0.1) is 0 Å². The highest BCUT2D eigenvalue weighted by Crippen LogP contribution is 2.17. The van der Waals surface area contributed by atoms with E-state index < -0.39 is 29.7 Å². The van der Waals surface area contributed by atoms with Gasteiger partial charge in [0.1, 0.15) is 11.6 Å². The molecular weight excluding hydrogens is 392 g/mol. The number of esters is 1.